The number of esters is 2. The van der Waals surface area contributed by atoms with Gasteiger partial charge in [-0.3, -0.25) is 24.8 Å². The van der Waals surface area contributed by atoms with Gasteiger partial charge in [0.05, 0.1) is 27.5 Å². The molecule has 2 amide bonds. The molecular weight excluding hydrogens is 1140 g/mol. The highest BCUT2D eigenvalue weighted by molar-refractivity contribution is 6.13. The van der Waals surface area contributed by atoms with Crippen molar-refractivity contribution in [2.75, 3.05) is 6.54 Å². The second kappa shape index (κ2) is 30.3. The Hall–Kier alpha value is -11.3. The fraction of sp³-hybridized carbons (Fsp3) is 0.194. The van der Waals surface area contributed by atoms with Gasteiger partial charge in [-0.15, -0.1) is 0 Å². The minimum absolute atomic E-state index is 0.0376. The molecule has 8 aromatic carbocycles. The lowest BCUT2D eigenvalue weighted by Gasteiger charge is -2.26. The summed E-state index contributed by atoms with van der Waals surface area (Å²) in [7, 11) is 0. The Morgan fingerprint density at radius 3 is 1.40 bits per heavy atom. The van der Waals surface area contributed by atoms with Crippen molar-refractivity contribution in [3.05, 3.63) is 318 Å². The van der Waals surface area contributed by atoms with Gasteiger partial charge in [-0.1, -0.05) is 206 Å². The minimum atomic E-state index is -1.00. The first-order valence-electron chi connectivity index (χ1n) is 29.0. The van der Waals surface area contributed by atoms with Gasteiger partial charge in [0, 0.05) is 77.0 Å². The van der Waals surface area contributed by atoms with Crippen LogP contribution in [0.3, 0.4) is 0 Å². The normalized spacial score (nSPS) is 11.6. The van der Waals surface area contributed by atoms with Crippen LogP contribution in [0.4, 0.5) is 16.2 Å². The van der Waals surface area contributed by atoms with Crippen molar-refractivity contribution in [2.24, 2.45) is 10.2 Å². The molecule has 0 saturated carbocycles. The molecule has 1 aromatic heterocycles. The average molecular weight is 1210 g/mol. The van der Waals surface area contributed by atoms with Crippen LogP contribution in [0.5, 0.6) is 0 Å². The summed E-state index contributed by atoms with van der Waals surface area (Å²) in [6.45, 7) is 10.5. The van der Waals surface area contributed by atoms with Crippen molar-refractivity contribution in [2.45, 2.75) is 84.1 Å². The number of carbonyl (C=O) groups is 3. The predicted octanol–water partition coefficient (Wildman–Crippen LogP) is 12.9. The summed E-state index contributed by atoms with van der Waals surface area (Å²) >= 11 is 0. The fourth-order valence-electron chi connectivity index (χ4n) is 9.31. The number of benzene rings is 8. The van der Waals surface area contributed by atoms with Crippen molar-refractivity contribution >= 4 is 40.8 Å². The monoisotopic (exact) mass is 1200 g/mol. The Kier molecular flexibility index (Phi) is 21.8. The van der Waals surface area contributed by atoms with Gasteiger partial charge in [-0.05, 0) is 70.4 Å². The van der Waals surface area contributed by atoms with Crippen LogP contribution in [-0.2, 0) is 38.3 Å². The van der Waals surface area contributed by atoms with E-state index in [0.717, 1.165) is 38.9 Å². The Bertz CT molecular complexity index is 4000. The predicted molar refractivity (Wildman–Crippen MR) is 347 cm³/mol. The van der Waals surface area contributed by atoms with E-state index in [0.29, 0.717) is 22.7 Å². The molecule has 0 fully saturated rings. The third-order valence-corrected chi connectivity index (χ3v) is 13.4. The van der Waals surface area contributed by atoms with Crippen LogP contribution in [-0.4, -0.2) is 77.3 Å². The molecule has 9 aromatic rings. The lowest BCUT2D eigenvalue weighted by atomic mass is 10.0. The number of urea groups is 1. The lowest BCUT2D eigenvalue weighted by molar-refractivity contribution is -0.385. The van der Waals surface area contributed by atoms with Gasteiger partial charge >= 0.3 is 23.7 Å². The van der Waals surface area contributed by atoms with Crippen LogP contribution in [0.15, 0.2) is 252 Å². The molecule has 0 aliphatic rings. The maximum Gasteiger partial charge on any atom is 0.349 e. The van der Waals surface area contributed by atoms with Gasteiger partial charge in [0.2, 0.25) is 0 Å². The van der Waals surface area contributed by atoms with Gasteiger partial charge in [-0.2, -0.15) is 14.9 Å². The molecule has 18 heteroatoms. The molecule has 456 valence electrons. The van der Waals surface area contributed by atoms with Crippen molar-refractivity contribution in [3.8, 4) is 11.8 Å². The quantitative estimate of drug-likeness (QED) is 0.0265. The zero-order valence-corrected chi connectivity index (χ0v) is 50.7. The summed E-state index contributed by atoms with van der Waals surface area (Å²) < 4.78 is 14.2. The average Bonchev–Trinajstić information content (AvgIpc) is 1.65. The van der Waals surface area contributed by atoms with Crippen LogP contribution < -0.4 is 11.0 Å². The first kappa shape index (κ1) is 64.7. The van der Waals surface area contributed by atoms with Crippen molar-refractivity contribution in [3.63, 3.8) is 0 Å². The lowest BCUT2D eigenvalue weighted by Crippen LogP contribution is -2.49. The van der Waals surface area contributed by atoms with E-state index in [1.807, 2.05) is 182 Å². The number of aromatic nitrogens is 2. The number of nitrogens with one attached hydrogen (secondary N) is 1. The van der Waals surface area contributed by atoms with E-state index >= 15 is 0 Å². The number of nitro groups is 2. The molecule has 0 spiro atoms. The smallest absolute Gasteiger partial charge is 0.349 e. The maximum absolute atomic E-state index is 14.3. The Labute approximate surface area is 522 Å². The standard InChI is InChI=1S/2C36H34N4O5/c1-36(2,3)45-34(41)32(24-26-13-7-4-8-14-26)39-31(23-27-19-21-30(22-20-27)40(43)44)25-38(35(39)42)37-33(28-15-9-5-10-16-28)29-17-11-6-12-18-29;1-36(2,3)45-34(41)32(26-28-14-7-4-8-15-28)37-35(42)39(25-13-16-27-21-23-31(24-22-27)40(43)44)38-33(29-17-9-5-10-18-29)30-19-11-6-12-20-30/h4-22,25,32H,23-24H2,1-3H3;4-12,14-15,17-24,32H,25-26H2,1-3H3,(H,37,42)/t2*32-/m11/s1. The number of non-ortho nitro benzene ring substituents is 2. The molecule has 0 radical (unpaired) electrons. The number of ether oxygens (including phenoxy) is 2. The van der Waals surface area contributed by atoms with Gasteiger partial charge in [0.15, 0.2) is 0 Å². The molecule has 2 atom stereocenters. The van der Waals surface area contributed by atoms with E-state index in [1.54, 1.807) is 59.9 Å². The largest absolute Gasteiger partial charge is 0.458 e. The van der Waals surface area contributed by atoms with E-state index < -0.39 is 56.8 Å². The molecule has 0 aliphatic carbocycles. The highest BCUT2D eigenvalue weighted by atomic mass is 16.6. The van der Waals surface area contributed by atoms with E-state index in [1.165, 1.54) is 50.7 Å². The molecule has 0 bridgehead atoms. The summed E-state index contributed by atoms with van der Waals surface area (Å²) in [6, 6.07) is 66.1. The van der Waals surface area contributed by atoms with Gasteiger partial charge in [0.25, 0.3) is 11.4 Å². The number of nitrogens with zero attached hydrogens (tertiary/aromatic N) is 7. The van der Waals surface area contributed by atoms with Crippen LogP contribution in [0.1, 0.15) is 97.8 Å². The summed E-state index contributed by atoms with van der Waals surface area (Å²) in [5.74, 6) is 4.77. The summed E-state index contributed by atoms with van der Waals surface area (Å²) in [5.41, 5.74) is 5.60. The molecule has 18 nitrogen and oxygen atoms in total. The second-order valence-corrected chi connectivity index (χ2v) is 22.7. The Balaban J connectivity index is 0.000000232. The number of hydrogen-bond acceptors (Lipinski definition) is 12. The van der Waals surface area contributed by atoms with E-state index in [4.69, 9.17) is 19.7 Å². The van der Waals surface area contributed by atoms with Gasteiger partial charge in [-0.25, -0.2) is 24.2 Å². The van der Waals surface area contributed by atoms with Crippen LogP contribution >= 0.6 is 0 Å². The van der Waals surface area contributed by atoms with Crippen LogP contribution in [0.25, 0.3) is 0 Å². The molecule has 0 unspecified atom stereocenters. The van der Waals surface area contributed by atoms with E-state index in [9.17, 15) is 39.4 Å². The van der Waals surface area contributed by atoms with Gasteiger partial charge in [0.1, 0.15) is 29.8 Å². The minimum Gasteiger partial charge on any atom is -0.458 e. The first-order chi connectivity index (χ1) is 43.2. The number of amides is 2. The topological polar surface area (TPSA) is 223 Å². The van der Waals surface area contributed by atoms with Gasteiger partial charge < -0.3 is 14.8 Å². The van der Waals surface area contributed by atoms with Crippen molar-refractivity contribution in [1.29, 1.82) is 0 Å². The molecule has 0 saturated heterocycles. The maximum atomic E-state index is 14.3. The number of carbonyl (C=O) groups excluding carboxylic acids is 3. The number of nitro benzene ring substituents is 2. The first-order valence-corrected chi connectivity index (χ1v) is 29.0. The third-order valence-electron chi connectivity index (χ3n) is 13.4. The molecule has 1 heterocycles. The van der Waals surface area contributed by atoms with Crippen molar-refractivity contribution in [1.82, 2.24) is 19.6 Å². The Morgan fingerprint density at radius 1 is 0.544 bits per heavy atom. The number of imidazole rings is 1. The summed E-state index contributed by atoms with van der Waals surface area (Å²) in [5, 5.41) is 35.9. The zero-order valence-electron chi connectivity index (χ0n) is 50.7. The highest BCUT2D eigenvalue weighted by Gasteiger charge is 2.32. The number of hydrogen-bond donors (Lipinski definition) is 1. The molecule has 90 heavy (non-hydrogen) atoms. The van der Waals surface area contributed by atoms with Crippen molar-refractivity contribution < 1.29 is 33.7 Å². The molecule has 1 N–H and O–H groups in total. The molecular formula is C72H68N8O10. The van der Waals surface area contributed by atoms with E-state index in [2.05, 4.69) is 17.2 Å². The SMILES string of the molecule is CC(C)(C)OC(=O)[C@@H](Cc1ccccc1)NC(=O)N(CC#Cc1ccc([N+](=O)[O-])cc1)N=C(c1ccccc1)c1ccccc1.CC(C)(C)OC(=O)[C@@H](Cc1ccccc1)n1c(Cc2ccc([N+](=O)[O-])cc2)cn(N=C(c2ccccc2)c2ccccc2)c1=O. The Morgan fingerprint density at radius 2 is 0.956 bits per heavy atom. The number of hydrazone groups is 1. The van der Waals surface area contributed by atoms with Crippen LogP contribution in [0, 0.1) is 32.1 Å². The summed E-state index contributed by atoms with van der Waals surface area (Å²) in [6.07, 6.45) is 2.26. The second-order valence-electron chi connectivity index (χ2n) is 22.7. The number of rotatable bonds is 19. The highest BCUT2D eigenvalue weighted by Crippen LogP contribution is 2.25. The molecule has 0 aliphatic heterocycles. The van der Waals surface area contributed by atoms with E-state index in [-0.39, 0.29) is 37.2 Å². The molecule has 9 rings (SSSR count). The third kappa shape index (κ3) is 18.8. The fourth-order valence-corrected chi connectivity index (χ4v) is 9.31. The van der Waals surface area contributed by atoms with Crippen LogP contribution in [0.2, 0.25) is 0 Å². The summed E-state index contributed by atoms with van der Waals surface area (Å²) in [4.78, 5) is 76.7. The zero-order chi connectivity index (χ0) is 64.2.